The molecule has 1 heterocycles. The Morgan fingerprint density at radius 1 is 1.28 bits per heavy atom. The van der Waals surface area contributed by atoms with Gasteiger partial charge in [-0.05, 0) is 32.1 Å². The van der Waals surface area contributed by atoms with Crippen LogP contribution in [0.15, 0.2) is 0 Å². The van der Waals surface area contributed by atoms with Crippen molar-refractivity contribution in [2.45, 2.75) is 34.1 Å². The molecule has 18 heavy (non-hydrogen) atoms. The third-order valence-corrected chi connectivity index (χ3v) is 5.52. The van der Waals surface area contributed by atoms with Crippen molar-refractivity contribution in [3.05, 3.63) is 0 Å². The van der Waals surface area contributed by atoms with Crippen LogP contribution in [0.2, 0.25) is 0 Å². The van der Waals surface area contributed by atoms with Gasteiger partial charge in [0.25, 0.3) is 0 Å². The normalized spacial score (nSPS) is 27.1. The van der Waals surface area contributed by atoms with Crippen molar-refractivity contribution >= 4 is 16.0 Å². The molecule has 1 aliphatic rings. The average molecular weight is 277 g/mol. The van der Waals surface area contributed by atoms with Crippen molar-refractivity contribution < 1.29 is 18.3 Å². The van der Waals surface area contributed by atoms with E-state index >= 15 is 0 Å². The zero-order valence-corrected chi connectivity index (χ0v) is 12.3. The summed E-state index contributed by atoms with van der Waals surface area (Å²) < 4.78 is 26.0. The monoisotopic (exact) mass is 277 g/mol. The van der Waals surface area contributed by atoms with Crippen LogP contribution in [-0.2, 0) is 14.8 Å². The number of piperidine rings is 1. The van der Waals surface area contributed by atoms with E-state index in [1.54, 1.807) is 0 Å². The van der Waals surface area contributed by atoms with E-state index < -0.39 is 21.4 Å². The molecule has 0 saturated carbocycles. The van der Waals surface area contributed by atoms with Gasteiger partial charge in [-0.15, -0.1) is 0 Å². The van der Waals surface area contributed by atoms with Crippen LogP contribution in [-0.4, -0.2) is 42.6 Å². The molecule has 1 aliphatic heterocycles. The molecule has 0 aromatic heterocycles. The van der Waals surface area contributed by atoms with Crippen LogP contribution in [0.5, 0.6) is 0 Å². The van der Waals surface area contributed by atoms with Crippen molar-refractivity contribution in [1.82, 2.24) is 4.31 Å². The molecule has 1 rings (SSSR count). The standard InChI is InChI=1S/C12H23NO4S/c1-9-5-10(2)7-13(6-9)18(16,17)8-12(3,4)11(14)15/h9-10H,5-8H2,1-4H3,(H,14,15). The lowest BCUT2D eigenvalue weighted by molar-refractivity contribution is -0.145. The molecule has 0 spiro atoms. The quantitative estimate of drug-likeness (QED) is 0.843. The first-order valence-corrected chi connectivity index (χ1v) is 7.87. The highest BCUT2D eigenvalue weighted by atomic mass is 32.2. The molecular weight excluding hydrogens is 254 g/mol. The fourth-order valence-corrected chi connectivity index (χ4v) is 4.62. The van der Waals surface area contributed by atoms with Crippen LogP contribution in [0.25, 0.3) is 0 Å². The zero-order valence-electron chi connectivity index (χ0n) is 11.5. The molecule has 0 aromatic carbocycles. The third-order valence-electron chi connectivity index (χ3n) is 3.35. The van der Waals surface area contributed by atoms with Crippen molar-refractivity contribution in [2.75, 3.05) is 18.8 Å². The second-order valence-electron chi connectivity index (χ2n) is 6.21. The topological polar surface area (TPSA) is 74.7 Å². The van der Waals surface area contributed by atoms with E-state index in [1.165, 1.54) is 18.2 Å². The fourth-order valence-electron chi connectivity index (χ4n) is 2.44. The molecule has 6 heteroatoms. The Hall–Kier alpha value is -0.620. The van der Waals surface area contributed by atoms with E-state index in [4.69, 9.17) is 5.11 Å². The van der Waals surface area contributed by atoms with Crippen LogP contribution >= 0.6 is 0 Å². The number of carboxylic acids is 1. The smallest absolute Gasteiger partial charge is 0.310 e. The second kappa shape index (κ2) is 5.17. The molecular formula is C12H23NO4S. The van der Waals surface area contributed by atoms with Crippen molar-refractivity contribution in [2.24, 2.45) is 17.3 Å². The third kappa shape index (κ3) is 3.68. The summed E-state index contributed by atoms with van der Waals surface area (Å²) in [6.45, 7) is 7.96. The Labute approximate surface area is 109 Å². The maximum absolute atomic E-state index is 12.3. The van der Waals surface area contributed by atoms with Crippen molar-refractivity contribution in [3.63, 3.8) is 0 Å². The zero-order chi connectivity index (χ0) is 14.1. The largest absolute Gasteiger partial charge is 0.481 e. The van der Waals surface area contributed by atoms with Crippen molar-refractivity contribution in [3.8, 4) is 0 Å². The Bertz CT molecular complexity index is 406. The first-order valence-electron chi connectivity index (χ1n) is 6.26. The van der Waals surface area contributed by atoms with Crippen molar-refractivity contribution in [1.29, 1.82) is 0 Å². The highest BCUT2D eigenvalue weighted by Crippen LogP contribution is 2.26. The second-order valence-corrected chi connectivity index (χ2v) is 8.18. The minimum absolute atomic E-state index is 0.330. The summed E-state index contributed by atoms with van der Waals surface area (Å²) in [6.07, 6.45) is 1.02. The first kappa shape index (κ1) is 15.4. The summed E-state index contributed by atoms with van der Waals surface area (Å²) in [5, 5.41) is 9.02. The molecule has 1 N–H and O–H groups in total. The number of nitrogens with zero attached hydrogens (tertiary/aromatic N) is 1. The van der Waals surface area contributed by atoms with E-state index in [0.29, 0.717) is 24.9 Å². The summed E-state index contributed by atoms with van der Waals surface area (Å²) in [7, 11) is -3.50. The molecule has 0 aromatic rings. The van der Waals surface area contributed by atoms with Gasteiger partial charge in [0.05, 0.1) is 11.2 Å². The number of rotatable bonds is 4. The van der Waals surface area contributed by atoms with Gasteiger partial charge in [0, 0.05) is 13.1 Å². The molecule has 0 amide bonds. The summed E-state index contributed by atoms with van der Waals surface area (Å²) in [5.74, 6) is -0.758. The Balaban J connectivity index is 2.84. The van der Waals surface area contributed by atoms with Gasteiger partial charge < -0.3 is 5.11 Å². The van der Waals surface area contributed by atoms with E-state index in [2.05, 4.69) is 0 Å². The molecule has 0 bridgehead atoms. The predicted octanol–water partition coefficient (Wildman–Crippen LogP) is 1.40. The molecule has 1 saturated heterocycles. The van der Waals surface area contributed by atoms with E-state index in [9.17, 15) is 13.2 Å². The van der Waals surface area contributed by atoms with Gasteiger partial charge in [-0.2, -0.15) is 0 Å². The van der Waals surface area contributed by atoms with Crippen LogP contribution in [0.3, 0.4) is 0 Å². The van der Waals surface area contributed by atoms with Crippen LogP contribution in [0, 0.1) is 17.3 Å². The van der Waals surface area contributed by atoms with E-state index in [1.807, 2.05) is 13.8 Å². The average Bonchev–Trinajstić information content (AvgIpc) is 2.13. The molecule has 5 nitrogen and oxygen atoms in total. The number of sulfonamides is 1. The lowest BCUT2D eigenvalue weighted by Gasteiger charge is -2.35. The number of hydrogen-bond acceptors (Lipinski definition) is 3. The summed E-state index contributed by atoms with van der Waals surface area (Å²) in [5.41, 5.74) is -1.25. The Kier molecular flexibility index (Phi) is 4.43. The molecule has 0 radical (unpaired) electrons. The summed E-state index contributed by atoms with van der Waals surface area (Å²) in [6, 6.07) is 0. The van der Waals surface area contributed by atoms with Gasteiger partial charge in [0.1, 0.15) is 0 Å². The first-order chi connectivity index (χ1) is 8.04. The summed E-state index contributed by atoms with van der Waals surface area (Å²) >= 11 is 0. The van der Waals surface area contributed by atoms with Gasteiger partial charge >= 0.3 is 5.97 Å². The molecule has 106 valence electrons. The van der Waals surface area contributed by atoms with Gasteiger partial charge in [-0.1, -0.05) is 13.8 Å². The predicted molar refractivity (Wildman–Crippen MR) is 69.7 cm³/mol. The minimum atomic E-state index is -3.50. The van der Waals surface area contributed by atoms with Crippen LogP contribution in [0.4, 0.5) is 0 Å². The van der Waals surface area contributed by atoms with E-state index in [0.717, 1.165) is 6.42 Å². The van der Waals surface area contributed by atoms with E-state index in [-0.39, 0.29) is 5.75 Å². The van der Waals surface area contributed by atoms with Gasteiger partial charge in [-0.3, -0.25) is 4.79 Å². The lowest BCUT2D eigenvalue weighted by Crippen LogP contribution is -2.46. The number of aliphatic carboxylic acids is 1. The number of hydrogen-bond donors (Lipinski definition) is 1. The Morgan fingerprint density at radius 3 is 2.11 bits per heavy atom. The highest BCUT2D eigenvalue weighted by molar-refractivity contribution is 7.89. The fraction of sp³-hybridized carbons (Fsp3) is 0.917. The minimum Gasteiger partial charge on any atom is -0.481 e. The van der Waals surface area contributed by atoms with Gasteiger partial charge in [0.2, 0.25) is 10.0 Å². The number of carboxylic acid groups (broad SMARTS) is 1. The lowest BCUT2D eigenvalue weighted by atomic mass is 9.94. The molecule has 2 unspecified atom stereocenters. The maximum Gasteiger partial charge on any atom is 0.310 e. The van der Waals surface area contributed by atoms with Gasteiger partial charge in [0.15, 0.2) is 0 Å². The molecule has 0 aliphatic carbocycles. The number of carbonyl (C=O) groups is 1. The van der Waals surface area contributed by atoms with Crippen LogP contribution in [0.1, 0.15) is 34.1 Å². The SMILES string of the molecule is CC1CC(C)CN(S(=O)(=O)CC(C)(C)C(=O)O)C1. The molecule has 2 atom stereocenters. The van der Waals surface area contributed by atoms with Crippen LogP contribution < -0.4 is 0 Å². The summed E-state index contributed by atoms with van der Waals surface area (Å²) in [4.78, 5) is 11.0. The maximum atomic E-state index is 12.3. The van der Waals surface area contributed by atoms with Gasteiger partial charge in [-0.25, -0.2) is 12.7 Å². The molecule has 1 fully saturated rings. The highest BCUT2D eigenvalue weighted by Gasteiger charge is 2.38. The Morgan fingerprint density at radius 2 is 1.72 bits per heavy atom.